The zero-order valence-corrected chi connectivity index (χ0v) is 10.8. The van der Waals surface area contributed by atoms with Crippen LogP contribution in [0.5, 0.6) is 0 Å². The van der Waals surface area contributed by atoms with Crippen molar-refractivity contribution in [2.45, 2.75) is 18.4 Å². The van der Waals surface area contributed by atoms with E-state index in [4.69, 9.17) is 0 Å². The quantitative estimate of drug-likeness (QED) is 0.875. The van der Waals surface area contributed by atoms with E-state index in [1.807, 2.05) is 36.4 Å². The van der Waals surface area contributed by atoms with Crippen molar-refractivity contribution in [2.24, 2.45) is 0 Å². The summed E-state index contributed by atoms with van der Waals surface area (Å²) in [5, 5.41) is 10.9. The first-order valence-corrected chi connectivity index (χ1v) is 6.42. The van der Waals surface area contributed by atoms with Crippen LogP contribution in [0.2, 0.25) is 0 Å². The molecule has 2 nitrogen and oxygen atoms in total. The van der Waals surface area contributed by atoms with Gasteiger partial charge in [-0.05, 0) is 42.2 Å². The van der Waals surface area contributed by atoms with Crippen LogP contribution in [0.4, 0.5) is 0 Å². The number of fused-ring (bicyclic) bond motifs is 1. The van der Waals surface area contributed by atoms with Crippen molar-refractivity contribution in [1.82, 2.24) is 4.98 Å². The topological polar surface area (TPSA) is 33.1 Å². The molecule has 0 radical (unpaired) electrons. The highest BCUT2D eigenvalue weighted by Gasteiger charge is 2.39. The molecule has 0 unspecified atom stereocenters. The summed E-state index contributed by atoms with van der Waals surface area (Å²) in [6.07, 6.45) is 3.33. The summed E-state index contributed by atoms with van der Waals surface area (Å²) in [4.78, 5) is 4.35. The van der Waals surface area contributed by atoms with Crippen molar-refractivity contribution in [3.05, 3.63) is 63.9 Å². The summed E-state index contributed by atoms with van der Waals surface area (Å²) < 4.78 is 0.979. The Balaban J connectivity index is 2.15. The second-order valence-electron chi connectivity index (χ2n) is 4.38. The highest BCUT2D eigenvalue weighted by Crippen LogP contribution is 2.40. The van der Waals surface area contributed by atoms with E-state index in [0.29, 0.717) is 6.42 Å². The van der Waals surface area contributed by atoms with Crippen LogP contribution < -0.4 is 0 Å². The molecule has 1 aromatic carbocycles. The standard InChI is InChI=1S/C14H12BrNO/c15-12-5-1-4-11(9-12)14(17)7-6-10-3-2-8-16-13(10)14/h1-5,8-9,17H,6-7H2/t14-/m1/s1. The molecule has 3 rings (SSSR count). The van der Waals surface area contributed by atoms with E-state index in [-0.39, 0.29) is 0 Å². The largest absolute Gasteiger partial charge is 0.379 e. The van der Waals surface area contributed by atoms with Gasteiger partial charge in [-0.2, -0.15) is 0 Å². The summed E-state index contributed by atoms with van der Waals surface area (Å²) in [5.74, 6) is 0. The van der Waals surface area contributed by atoms with Crippen molar-refractivity contribution in [2.75, 3.05) is 0 Å². The number of rotatable bonds is 1. The third kappa shape index (κ3) is 1.70. The Labute approximate surface area is 108 Å². The molecule has 1 aliphatic rings. The van der Waals surface area contributed by atoms with Crippen molar-refractivity contribution >= 4 is 15.9 Å². The number of aryl methyl sites for hydroxylation is 1. The van der Waals surface area contributed by atoms with Crippen LogP contribution in [-0.2, 0) is 12.0 Å². The lowest BCUT2D eigenvalue weighted by Crippen LogP contribution is -2.24. The summed E-state index contributed by atoms with van der Waals surface area (Å²) in [5.41, 5.74) is 1.93. The minimum Gasteiger partial charge on any atom is -0.379 e. The molecule has 0 fully saturated rings. The van der Waals surface area contributed by atoms with Gasteiger partial charge in [0.05, 0.1) is 5.69 Å². The molecule has 3 heteroatoms. The Morgan fingerprint density at radius 3 is 2.94 bits per heavy atom. The predicted octanol–water partition coefficient (Wildman–Crippen LogP) is 3.03. The van der Waals surface area contributed by atoms with Gasteiger partial charge in [-0.3, -0.25) is 4.98 Å². The van der Waals surface area contributed by atoms with Crippen LogP contribution in [0.15, 0.2) is 47.1 Å². The number of hydrogen-bond acceptors (Lipinski definition) is 2. The van der Waals surface area contributed by atoms with Crippen molar-refractivity contribution in [3.8, 4) is 0 Å². The van der Waals surface area contributed by atoms with Gasteiger partial charge in [0, 0.05) is 10.7 Å². The number of aliphatic hydroxyl groups is 1. The number of halogens is 1. The Morgan fingerprint density at radius 1 is 1.24 bits per heavy atom. The zero-order chi connectivity index (χ0) is 11.9. The normalized spacial score (nSPS) is 22.5. The highest BCUT2D eigenvalue weighted by atomic mass is 79.9. The number of nitrogens with zero attached hydrogens (tertiary/aromatic N) is 1. The van der Waals surface area contributed by atoms with E-state index in [1.165, 1.54) is 0 Å². The molecule has 17 heavy (non-hydrogen) atoms. The number of benzene rings is 1. The second kappa shape index (κ2) is 3.93. The Morgan fingerprint density at radius 2 is 2.12 bits per heavy atom. The molecule has 86 valence electrons. The molecule has 2 aromatic rings. The van der Waals surface area contributed by atoms with Gasteiger partial charge in [-0.25, -0.2) is 0 Å². The lowest BCUT2D eigenvalue weighted by Gasteiger charge is -2.23. The molecule has 1 atom stereocenters. The number of pyridine rings is 1. The Bertz CT molecular complexity index is 570. The van der Waals surface area contributed by atoms with Crippen LogP contribution in [0.1, 0.15) is 23.2 Å². The molecule has 0 bridgehead atoms. The fourth-order valence-corrected chi connectivity index (χ4v) is 2.87. The minimum absolute atomic E-state index is 0.704. The molecular weight excluding hydrogens is 278 g/mol. The molecule has 1 aliphatic carbocycles. The highest BCUT2D eigenvalue weighted by molar-refractivity contribution is 9.10. The monoisotopic (exact) mass is 289 g/mol. The van der Waals surface area contributed by atoms with E-state index < -0.39 is 5.60 Å². The predicted molar refractivity (Wildman–Crippen MR) is 69.7 cm³/mol. The van der Waals surface area contributed by atoms with E-state index in [2.05, 4.69) is 20.9 Å². The molecule has 0 aliphatic heterocycles. The molecule has 0 spiro atoms. The third-order valence-electron chi connectivity index (χ3n) is 3.34. The van der Waals surface area contributed by atoms with E-state index in [0.717, 1.165) is 27.7 Å². The van der Waals surface area contributed by atoms with E-state index in [1.54, 1.807) is 6.20 Å². The zero-order valence-electron chi connectivity index (χ0n) is 9.23. The lowest BCUT2D eigenvalue weighted by atomic mass is 9.91. The molecule has 1 N–H and O–H groups in total. The molecule has 0 saturated heterocycles. The second-order valence-corrected chi connectivity index (χ2v) is 5.30. The average Bonchev–Trinajstić information content (AvgIpc) is 2.69. The summed E-state index contributed by atoms with van der Waals surface area (Å²) in [7, 11) is 0. The smallest absolute Gasteiger partial charge is 0.132 e. The van der Waals surface area contributed by atoms with E-state index in [9.17, 15) is 5.11 Å². The van der Waals surface area contributed by atoms with Crippen LogP contribution in [0.3, 0.4) is 0 Å². The van der Waals surface area contributed by atoms with Crippen molar-refractivity contribution in [1.29, 1.82) is 0 Å². The number of hydrogen-bond donors (Lipinski definition) is 1. The summed E-state index contributed by atoms with van der Waals surface area (Å²) in [6, 6.07) is 11.8. The van der Waals surface area contributed by atoms with E-state index >= 15 is 0 Å². The fraction of sp³-hybridized carbons (Fsp3) is 0.214. The maximum absolute atomic E-state index is 10.9. The maximum atomic E-state index is 10.9. The van der Waals surface area contributed by atoms with Gasteiger partial charge in [0.15, 0.2) is 0 Å². The van der Waals surface area contributed by atoms with Crippen LogP contribution >= 0.6 is 15.9 Å². The molecule has 1 heterocycles. The van der Waals surface area contributed by atoms with Gasteiger partial charge in [-0.15, -0.1) is 0 Å². The van der Waals surface area contributed by atoms with Gasteiger partial charge in [-0.1, -0.05) is 34.1 Å². The van der Waals surface area contributed by atoms with Crippen molar-refractivity contribution < 1.29 is 5.11 Å². The van der Waals surface area contributed by atoms with Gasteiger partial charge in [0.1, 0.15) is 5.60 Å². The van der Waals surface area contributed by atoms with Crippen LogP contribution in [0.25, 0.3) is 0 Å². The van der Waals surface area contributed by atoms with Crippen LogP contribution in [-0.4, -0.2) is 10.1 Å². The van der Waals surface area contributed by atoms with Gasteiger partial charge >= 0.3 is 0 Å². The summed E-state index contributed by atoms with van der Waals surface area (Å²) >= 11 is 3.44. The summed E-state index contributed by atoms with van der Waals surface area (Å²) in [6.45, 7) is 0. The SMILES string of the molecule is O[C@@]1(c2cccc(Br)c2)CCc2cccnc21. The van der Waals surface area contributed by atoms with Crippen LogP contribution in [0, 0.1) is 0 Å². The van der Waals surface area contributed by atoms with Gasteiger partial charge in [0.2, 0.25) is 0 Å². The maximum Gasteiger partial charge on any atom is 0.132 e. The first-order chi connectivity index (χ1) is 8.20. The lowest BCUT2D eigenvalue weighted by molar-refractivity contribution is 0.0787. The third-order valence-corrected chi connectivity index (χ3v) is 3.83. The molecule has 1 aromatic heterocycles. The fourth-order valence-electron chi connectivity index (χ4n) is 2.47. The van der Waals surface area contributed by atoms with Gasteiger partial charge < -0.3 is 5.11 Å². The first kappa shape index (κ1) is 10.9. The number of aromatic nitrogens is 1. The minimum atomic E-state index is -0.930. The molecule has 0 saturated carbocycles. The Kier molecular flexibility index (Phi) is 2.53. The first-order valence-electron chi connectivity index (χ1n) is 5.63. The Hall–Kier alpha value is -1.19. The van der Waals surface area contributed by atoms with Crippen molar-refractivity contribution in [3.63, 3.8) is 0 Å². The molecular formula is C14H12BrNO. The molecule has 0 amide bonds. The average molecular weight is 290 g/mol. The van der Waals surface area contributed by atoms with Gasteiger partial charge in [0.25, 0.3) is 0 Å².